The quantitative estimate of drug-likeness (QED) is 0.872. The molecule has 1 saturated heterocycles. The Hall–Kier alpha value is -1.59. The molecule has 1 aliphatic rings. The summed E-state index contributed by atoms with van der Waals surface area (Å²) in [6.07, 6.45) is 4.67. The summed E-state index contributed by atoms with van der Waals surface area (Å²) in [4.78, 5) is 21.2. The van der Waals surface area contributed by atoms with Crippen LogP contribution in [0, 0.1) is 0 Å². The Morgan fingerprint density at radius 1 is 1.24 bits per heavy atom. The summed E-state index contributed by atoms with van der Waals surface area (Å²) < 4.78 is 1.79. The van der Waals surface area contributed by atoms with Crippen molar-refractivity contribution in [2.24, 2.45) is 0 Å². The molecule has 0 saturated carbocycles. The van der Waals surface area contributed by atoms with Crippen molar-refractivity contribution in [1.29, 1.82) is 0 Å². The Morgan fingerprint density at radius 2 is 2.00 bits per heavy atom. The molecule has 3 heterocycles. The molecular formula is C15H19ClN4O. The van der Waals surface area contributed by atoms with Crippen LogP contribution in [0.1, 0.15) is 23.8 Å². The van der Waals surface area contributed by atoms with E-state index in [1.54, 1.807) is 22.9 Å². The third-order valence-electron chi connectivity index (χ3n) is 3.83. The van der Waals surface area contributed by atoms with Crippen LogP contribution in [0.4, 0.5) is 0 Å². The first-order valence-electron chi connectivity index (χ1n) is 7.33. The van der Waals surface area contributed by atoms with Crippen molar-refractivity contribution in [3.05, 3.63) is 35.2 Å². The van der Waals surface area contributed by atoms with Crippen molar-refractivity contribution < 1.29 is 4.79 Å². The Morgan fingerprint density at radius 3 is 2.71 bits per heavy atom. The lowest BCUT2D eigenvalue weighted by Crippen LogP contribution is -2.48. The maximum absolute atomic E-state index is 12.5. The summed E-state index contributed by atoms with van der Waals surface area (Å²) in [6.45, 7) is 6.71. The first kappa shape index (κ1) is 14.4. The fourth-order valence-corrected chi connectivity index (χ4v) is 2.89. The van der Waals surface area contributed by atoms with Gasteiger partial charge in [-0.25, -0.2) is 4.98 Å². The number of aromatic nitrogens is 2. The van der Waals surface area contributed by atoms with Gasteiger partial charge in [0.25, 0.3) is 5.91 Å². The molecule has 1 fully saturated rings. The van der Waals surface area contributed by atoms with E-state index in [-0.39, 0.29) is 5.91 Å². The predicted molar refractivity (Wildman–Crippen MR) is 82.8 cm³/mol. The highest BCUT2D eigenvalue weighted by Crippen LogP contribution is 2.14. The van der Waals surface area contributed by atoms with E-state index in [9.17, 15) is 4.79 Å². The zero-order valence-electron chi connectivity index (χ0n) is 12.1. The largest absolute Gasteiger partial charge is 0.335 e. The van der Waals surface area contributed by atoms with Gasteiger partial charge in [-0.15, -0.1) is 0 Å². The molecule has 6 heteroatoms. The number of halogens is 1. The molecule has 1 aliphatic heterocycles. The van der Waals surface area contributed by atoms with Gasteiger partial charge in [0, 0.05) is 38.6 Å². The van der Waals surface area contributed by atoms with Crippen LogP contribution < -0.4 is 0 Å². The summed E-state index contributed by atoms with van der Waals surface area (Å²) in [7, 11) is 0. The molecule has 0 bridgehead atoms. The second-order valence-corrected chi connectivity index (χ2v) is 5.81. The average molecular weight is 307 g/mol. The van der Waals surface area contributed by atoms with E-state index >= 15 is 0 Å². The number of fused-ring (bicyclic) bond motifs is 1. The second kappa shape index (κ2) is 6.03. The first-order chi connectivity index (χ1) is 10.2. The number of pyridine rings is 1. The van der Waals surface area contributed by atoms with Gasteiger partial charge in [-0.05, 0) is 25.1 Å². The van der Waals surface area contributed by atoms with E-state index in [4.69, 9.17) is 11.6 Å². The van der Waals surface area contributed by atoms with E-state index in [0.29, 0.717) is 10.7 Å². The van der Waals surface area contributed by atoms with Crippen LogP contribution in [0.3, 0.4) is 0 Å². The van der Waals surface area contributed by atoms with Gasteiger partial charge in [0.15, 0.2) is 0 Å². The molecule has 1 amide bonds. The maximum Gasteiger partial charge on any atom is 0.274 e. The van der Waals surface area contributed by atoms with E-state index in [1.165, 1.54) is 0 Å². The molecule has 2 aromatic heterocycles. The number of amides is 1. The molecule has 0 radical (unpaired) electrons. The standard InChI is InChI=1S/C15H19ClN4O/c1-2-5-18-6-8-19(9-7-18)15(21)13-11-20-10-12(16)3-4-14(20)17-13/h3-4,10-11H,2,5-9H2,1H3. The van der Waals surface area contributed by atoms with Crippen molar-refractivity contribution in [2.45, 2.75) is 13.3 Å². The van der Waals surface area contributed by atoms with Gasteiger partial charge < -0.3 is 9.30 Å². The normalized spacial score (nSPS) is 16.6. The molecule has 3 rings (SSSR count). The highest BCUT2D eigenvalue weighted by molar-refractivity contribution is 6.30. The third kappa shape index (κ3) is 3.04. The molecule has 0 aromatic carbocycles. The van der Waals surface area contributed by atoms with Crippen molar-refractivity contribution in [3.63, 3.8) is 0 Å². The minimum atomic E-state index is 0.00553. The number of imidazole rings is 1. The van der Waals surface area contributed by atoms with E-state index in [2.05, 4.69) is 16.8 Å². The van der Waals surface area contributed by atoms with Gasteiger partial charge >= 0.3 is 0 Å². The third-order valence-corrected chi connectivity index (χ3v) is 4.06. The van der Waals surface area contributed by atoms with E-state index in [0.717, 1.165) is 44.8 Å². The maximum atomic E-state index is 12.5. The zero-order chi connectivity index (χ0) is 14.8. The predicted octanol–water partition coefficient (Wildman–Crippen LogP) is 2.16. The van der Waals surface area contributed by atoms with Crippen LogP contribution in [0.2, 0.25) is 5.02 Å². The van der Waals surface area contributed by atoms with Gasteiger partial charge in [0.2, 0.25) is 0 Å². The Balaban J connectivity index is 1.72. The number of hydrogen-bond donors (Lipinski definition) is 0. The molecule has 21 heavy (non-hydrogen) atoms. The summed E-state index contributed by atoms with van der Waals surface area (Å²) in [5, 5.41) is 0.632. The zero-order valence-corrected chi connectivity index (χ0v) is 12.9. The molecule has 0 atom stereocenters. The van der Waals surface area contributed by atoms with Crippen LogP contribution in [0.5, 0.6) is 0 Å². The number of carbonyl (C=O) groups is 1. The van der Waals surface area contributed by atoms with Crippen molar-refractivity contribution in [2.75, 3.05) is 32.7 Å². The van der Waals surface area contributed by atoms with Gasteiger partial charge in [-0.3, -0.25) is 9.69 Å². The highest BCUT2D eigenvalue weighted by atomic mass is 35.5. The first-order valence-corrected chi connectivity index (χ1v) is 7.71. The molecule has 5 nitrogen and oxygen atoms in total. The minimum absolute atomic E-state index is 0.00553. The SMILES string of the molecule is CCCN1CCN(C(=O)c2cn3cc(Cl)ccc3n2)CC1. The molecule has 2 aromatic rings. The molecule has 112 valence electrons. The monoisotopic (exact) mass is 306 g/mol. The van der Waals surface area contributed by atoms with Crippen LogP contribution in [0.15, 0.2) is 24.5 Å². The lowest BCUT2D eigenvalue weighted by atomic mass is 10.2. The Labute approximate surface area is 129 Å². The average Bonchev–Trinajstić information content (AvgIpc) is 2.90. The van der Waals surface area contributed by atoms with Gasteiger partial charge in [0.1, 0.15) is 11.3 Å². The van der Waals surface area contributed by atoms with Crippen LogP contribution in [-0.2, 0) is 0 Å². The lowest BCUT2D eigenvalue weighted by molar-refractivity contribution is 0.0632. The minimum Gasteiger partial charge on any atom is -0.335 e. The van der Waals surface area contributed by atoms with Crippen molar-refractivity contribution in [3.8, 4) is 0 Å². The summed E-state index contributed by atoms with van der Waals surface area (Å²) in [6, 6.07) is 3.60. The van der Waals surface area contributed by atoms with Gasteiger partial charge in [-0.2, -0.15) is 0 Å². The number of hydrogen-bond acceptors (Lipinski definition) is 3. The number of carbonyl (C=O) groups excluding carboxylic acids is 1. The fourth-order valence-electron chi connectivity index (χ4n) is 2.72. The number of rotatable bonds is 3. The molecule has 0 aliphatic carbocycles. The lowest BCUT2D eigenvalue weighted by Gasteiger charge is -2.34. The molecule has 0 N–H and O–H groups in total. The van der Waals surface area contributed by atoms with E-state index in [1.807, 2.05) is 11.0 Å². The van der Waals surface area contributed by atoms with Crippen molar-refractivity contribution >= 4 is 23.2 Å². The smallest absolute Gasteiger partial charge is 0.274 e. The fraction of sp³-hybridized carbons (Fsp3) is 0.467. The van der Waals surface area contributed by atoms with Crippen LogP contribution in [-0.4, -0.2) is 57.8 Å². The summed E-state index contributed by atoms with van der Waals surface area (Å²) in [5.74, 6) is 0.00553. The number of piperazine rings is 1. The summed E-state index contributed by atoms with van der Waals surface area (Å²) in [5.41, 5.74) is 1.23. The highest BCUT2D eigenvalue weighted by Gasteiger charge is 2.23. The molecular weight excluding hydrogens is 288 g/mol. The van der Waals surface area contributed by atoms with Gasteiger partial charge in [-0.1, -0.05) is 18.5 Å². The van der Waals surface area contributed by atoms with Crippen LogP contribution in [0.25, 0.3) is 5.65 Å². The second-order valence-electron chi connectivity index (χ2n) is 5.37. The number of nitrogens with zero attached hydrogens (tertiary/aromatic N) is 4. The van der Waals surface area contributed by atoms with Gasteiger partial charge in [0.05, 0.1) is 5.02 Å². The van der Waals surface area contributed by atoms with Crippen LogP contribution >= 0.6 is 11.6 Å². The topological polar surface area (TPSA) is 40.9 Å². The van der Waals surface area contributed by atoms with Crippen molar-refractivity contribution in [1.82, 2.24) is 19.2 Å². The van der Waals surface area contributed by atoms with E-state index < -0.39 is 0 Å². The Kier molecular flexibility index (Phi) is 4.12. The molecule has 0 unspecified atom stereocenters. The molecule has 0 spiro atoms. The summed E-state index contributed by atoms with van der Waals surface area (Å²) >= 11 is 5.95. The Bertz CT molecular complexity index is 646.